The van der Waals surface area contributed by atoms with Gasteiger partial charge in [-0.05, 0) is 38.1 Å². The van der Waals surface area contributed by atoms with Crippen molar-refractivity contribution < 1.29 is 19.4 Å². The molecule has 1 aliphatic rings. The molecule has 0 bridgehead atoms. The van der Waals surface area contributed by atoms with Crippen molar-refractivity contribution in [3.63, 3.8) is 0 Å². The number of esters is 1. The predicted octanol–water partition coefficient (Wildman–Crippen LogP) is 1.80. The van der Waals surface area contributed by atoms with Gasteiger partial charge in [0.1, 0.15) is 17.3 Å². The number of hydrogen-bond donors (Lipinski definition) is 1. The molecule has 2 rings (SSSR count). The molecule has 0 unspecified atom stereocenters. The minimum atomic E-state index is -0.480. The Morgan fingerprint density at radius 3 is 2.76 bits per heavy atom. The van der Waals surface area contributed by atoms with E-state index in [-0.39, 0.29) is 24.0 Å². The van der Waals surface area contributed by atoms with Gasteiger partial charge in [-0.1, -0.05) is 0 Å². The molecule has 1 amide bonds. The number of phenolic OH excluding ortho intramolecular Hbond substituents is 1. The van der Waals surface area contributed by atoms with Crippen LogP contribution in [-0.2, 0) is 9.53 Å². The van der Waals surface area contributed by atoms with Gasteiger partial charge in [0.15, 0.2) is 0 Å². The van der Waals surface area contributed by atoms with E-state index in [1.54, 1.807) is 20.9 Å². The van der Waals surface area contributed by atoms with Crippen molar-refractivity contribution >= 4 is 23.8 Å². The predicted molar refractivity (Wildman–Crippen MR) is 77.9 cm³/mol. The summed E-state index contributed by atoms with van der Waals surface area (Å²) in [6.07, 6.45) is 1.45. The van der Waals surface area contributed by atoms with Crippen LogP contribution in [0.2, 0.25) is 0 Å². The first-order valence-corrected chi connectivity index (χ1v) is 6.49. The Morgan fingerprint density at radius 1 is 1.48 bits per heavy atom. The van der Waals surface area contributed by atoms with Crippen LogP contribution in [0.1, 0.15) is 29.8 Å². The van der Waals surface area contributed by atoms with Gasteiger partial charge >= 0.3 is 5.97 Å². The maximum atomic E-state index is 11.9. The molecule has 0 fully saturated rings. The fraction of sp³-hybridized carbons (Fsp3) is 0.267. The van der Waals surface area contributed by atoms with Crippen molar-refractivity contribution in [1.82, 2.24) is 4.90 Å². The Hall–Kier alpha value is -2.63. The summed E-state index contributed by atoms with van der Waals surface area (Å²) in [6, 6.07) is 4.32. The lowest BCUT2D eigenvalue weighted by Crippen LogP contribution is -2.25. The first kappa shape index (κ1) is 14.8. The van der Waals surface area contributed by atoms with Crippen LogP contribution < -0.4 is 0 Å². The van der Waals surface area contributed by atoms with E-state index in [1.807, 2.05) is 0 Å². The number of likely N-dealkylation sites (N-methyl/N-ethyl adjacent to an activating group) is 1. The van der Waals surface area contributed by atoms with Gasteiger partial charge in [0.05, 0.1) is 12.2 Å². The molecule has 0 aliphatic carbocycles. The smallest absolute Gasteiger partial charge is 0.338 e. The number of aliphatic imine (C=N–C) groups is 1. The number of benzene rings is 1. The first-order valence-electron chi connectivity index (χ1n) is 6.49. The van der Waals surface area contributed by atoms with Crippen LogP contribution in [0.3, 0.4) is 0 Å². The summed E-state index contributed by atoms with van der Waals surface area (Å²) in [4.78, 5) is 29.1. The number of aromatic hydroxyl groups is 1. The summed E-state index contributed by atoms with van der Waals surface area (Å²) in [5.41, 5.74) is 0.864. The molecule has 0 saturated heterocycles. The molecular formula is C15H16N2O4. The van der Waals surface area contributed by atoms with E-state index >= 15 is 0 Å². The summed E-state index contributed by atoms with van der Waals surface area (Å²) in [5, 5.41) is 9.85. The van der Waals surface area contributed by atoms with Crippen LogP contribution in [0.25, 0.3) is 6.08 Å². The summed E-state index contributed by atoms with van der Waals surface area (Å²) in [5.74, 6) is -0.196. The summed E-state index contributed by atoms with van der Waals surface area (Å²) in [7, 11) is 1.62. The fourth-order valence-electron chi connectivity index (χ4n) is 1.87. The summed E-state index contributed by atoms with van der Waals surface area (Å²) >= 11 is 0. The Bertz CT molecular complexity index is 662. The Kier molecular flexibility index (Phi) is 4.07. The zero-order valence-corrected chi connectivity index (χ0v) is 12.1. The standard InChI is InChI=1S/C15H16N2O4/c1-4-21-15(20)10-5-6-13(18)11(7-10)8-12-14(19)17(3)9(2)16-12/h5-8,18H,4H2,1-3H3/b12-8-. The van der Waals surface area contributed by atoms with Gasteiger partial charge in [0.2, 0.25) is 0 Å². The van der Waals surface area contributed by atoms with Gasteiger partial charge in [-0.2, -0.15) is 0 Å². The van der Waals surface area contributed by atoms with Crippen molar-refractivity contribution in [2.24, 2.45) is 4.99 Å². The second-order valence-electron chi connectivity index (χ2n) is 4.55. The number of hydrogen-bond acceptors (Lipinski definition) is 5. The number of amides is 1. The highest BCUT2D eigenvalue weighted by molar-refractivity contribution is 6.13. The molecular weight excluding hydrogens is 272 g/mol. The van der Waals surface area contributed by atoms with E-state index in [1.165, 1.54) is 29.2 Å². The quantitative estimate of drug-likeness (QED) is 0.679. The van der Waals surface area contributed by atoms with Crippen LogP contribution in [0.5, 0.6) is 5.75 Å². The monoisotopic (exact) mass is 288 g/mol. The molecule has 21 heavy (non-hydrogen) atoms. The molecule has 0 spiro atoms. The minimum absolute atomic E-state index is 0.0363. The fourth-order valence-corrected chi connectivity index (χ4v) is 1.87. The Balaban J connectivity index is 2.39. The largest absolute Gasteiger partial charge is 0.507 e. The number of carbonyl (C=O) groups excluding carboxylic acids is 2. The molecule has 1 aromatic rings. The van der Waals surface area contributed by atoms with Gasteiger partial charge < -0.3 is 9.84 Å². The summed E-state index contributed by atoms with van der Waals surface area (Å²) < 4.78 is 4.90. The van der Waals surface area contributed by atoms with Crippen LogP contribution in [0.15, 0.2) is 28.9 Å². The average Bonchev–Trinajstić information content (AvgIpc) is 2.69. The van der Waals surface area contributed by atoms with Crippen molar-refractivity contribution in [3.05, 3.63) is 35.0 Å². The normalized spacial score (nSPS) is 16.3. The Morgan fingerprint density at radius 2 is 2.19 bits per heavy atom. The van der Waals surface area contributed by atoms with Gasteiger partial charge in [-0.15, -0.1) is 0 Å². The molecule has 110 valence electrons. The number of rotatable bonds is 3. The molecule has 0 saturated carbocycles. The number of ether oxygens (including phenoxy) is 1. The van der Waals surface area contributed by atoms with Gasteiger partial charge in [-0.3, -0.25) is 9.69 Å². The maximum Gasteiger partial charge on any atom is 0.338 e. The highest BCUT2D eigenvalue weighted by atomic mass is 16.5. The van der Waals surface area contributed by atoms with Crippen molar-refractivity contribution in [3.8, 4) is 5.75 Å². The molecule has 1 heterocycles. The third-order valence-electron chi connectivity index (χ3n) is 3.12. The lowest BCUT2D eigenvalue weighted by Gasteiger charge is -2.07. The zero-order chi connectivity index (χ0) is 15.6. The summed E-state index contributed by atoms with van der Waals surface area (Å²) in [6.45, 7) is 3.70. The van der Waals surface area contributed by atoms with Crippen LogP contribution in [-0.4, -0.2) is 41.4 Å². The SMILES string of the molecule is CCOC(=O)c1ccc(O)c(/C=C2\N=C(C)N(C)C2=O)c1. The molecule has 0 radical (unpaired) electrons. The lowest BCUT2D eigenvalue weighted by atomic mass is 10.1. The molecule has 0 atom stereocenters. The highest BCUT2D eigenvalue weighted by Crippen LogP contribution is 2.24. The Labute approximate surface area is 122 Å². The first-order chi connectivity index (χ1) is 9.93. The van der Waals surface area contributed by atoms with E-state index in [9.17, 15) is 14.7 Å². The molecule has 6 heteroatoms. The second-order valence-corrected chi connectivity index (χ2v) is 4.55. The van der Waals surface area contributed by atoms with Gasteiger partial charge in [0.25, 0.3) is 5.91 Å². The number of amidine groups is 1. The van der Waals surface area contributed by atoms with E-state index in [0.717, 1.165) is 0 Å². The van der Waals surface area contributed by atoms with Crippen molar-refractivity contribution in [1.29, 1.82) is 0 Å². The highest BCUT2D eigenvalue weighted by Gasteiger charge is 2.24. The van der Waals surface area contributed by atoms with E-state index in [4.69, 9.17) is 4.74 Å². The van der Waals surface area contributed by atoms with Crippen LogP contribution >= 0.6 is 0 Å². The average molecular weight is 288 g/mol. The minimum Gasteiger partial charge on any atom is -0.507 e. The van der Waals surface area contributed by atoms with E-state index in [2.05, 4.69) is 4.99 Å². The zero-order valence-electron chi connectivity index (χ0n) is 12.1. The van der Waals surface area contributed by atoms with Crippen LogP contribution in [0, 0.1) is 0 Å². The van der Waals surface area contributed by atoms with Gasteiger partial charge in [-0.25, -0.2) is 9.79 Å². The second kappa shape index (κ2) is 5.78. The van der Waals surface area contributed by atoms with Crippen molar-refractivity contribution in [2.75, 3.05) is 13.7 Å². The topological polar surface area (TPSA) is 79.2 Å². The third kappa shape index (κ3) is 2.94. The third-order valence-corrected chi connectivity index (χ3v) is 3.12. The van der Waals surface area contributed by atoms with E-state index in [0.29, 0.717) is 17.0 Å². The lowest BCUT2D eigenvalue weighted by molar-refractivity contribution is -0.121. The molecule has 0 aromatic heterocycles. The van der Waals surface area contributed by atoms with Crippen molar-refractivity contribution in [2.45, 2.75) is 13.8 Å². The molecule has 1 N–H and O–H groups in total. The number of nitrogens with zero attached hydrogens (tertiary/aromatic N) is 2. The maximum absolute atomic E-state index is 11.9. The number of carbonyl (C=O) groups is 2. The van der Waals surface area contributed by atoms with E-state index < -0.39 is 5.97 Å². The van der Waals surface area contributed by atoms with Gasteiger partial charge in [0, 0.05) is 12.6 Å². The molecule has 1 aliphatic heterocycles. The molecule has 6 nitrogen and oxygen atoms in total. The number of phenols is 1. The van der Waals surface area contributed by atoms with Crippen LogP contribution in [0.4, 0.5) is 0 Å². The molecule has 1 aromatic carbocycles.